The average Bonchev–Trinajstić information content (AvgIpc) is 2.95. The number of fused-ring (bicyclic) bond motifs is 1. The van der Waals surface area contributed by atoms with Crippen molar-refractivity contribution in [2.45, 2.75) is 89.1 Å². The second-order valence-corrected chi connectivity index (χ2v) is 11.5. The van der Waals surface area contributed by atoms with Crippen LogP contribution in [0.1, 0.15) is 47.1 Å². The lowest BCUT2D eigenvalue weighted by Gasteiger charge is -2.44. The summed E-state index contributed by atoms with van der Waals surface area (Å²) in [5.74, 6) is -1.45. The van der Waals surface area contributed by atoms with Crippen LogP contribution in [0.4, 0.5) is 0 Å². The standard InChI is InChI=1S/C22H33NO7S/c1-14-8-10-16(11-9-14)31(25,26)23-12-18(28-15(2)24)20-19(29-22(6,7)30-20)17(23)13-27-21(3,4)5/h8-11,17-20H,12-13H2,1-7H3/t17-,18-,19-,20-/m1/s1. The minimum Gasteiger partial charge on any atom is -0.458 e. The first-order chi connectivity index (χ1) is 14.2. The molecule has 0 aromatic heterocycles. The maximum absolute atomic E-state index is 13.6. The number of carbonyl (C=O) groups is 1. The summed E-state index contributed by atoms with van der Waals surface area (Å²) in [5.41, 5.74) is 0.480. The van der Waals surface area contributed by atoms with Crippen LogP contribution in [0.2, 0.25) is 0 Å². The number of piperidine rings is 1. The van der Waals surface area contributed by atoms with Crippen LogP contribution in [-0.4, -0.2) is 67.6 Å². The fraction of sp³-hybridized carbons (Fsp3) is 0.682. The highest BCUT2D eigenvalue weighted by Gasteiger charge is 2.57. The molecular weight excluding hydrogens is 422 g/mol. The summed E-state index contributed by atoms with van der Waals surface area (Å²) in [6.07, 6.45) is -2.05. The summed E-state index contributed by atoms with van der Waals surface area (Å²) < 4.78 is 52.3. The van der Waals surface area contributed by atoms with Crippen molar-refractivity contribution in [2.75, 3.05) is 13.2 Å². The van der Waals surface area contributed by atoms with Gasteiger partial charge >= 0.3 is 5.97 Å². The highest BCUT2D eigenvalue weighted by Crippen LogP contribution is 2.40. The second kappa shape index (κ2) is 8.44. The summed E-state index contributed by atoms with van der Waals surface area (Å²) in [5, 5.41) is 0. The Kier molecular flexibility index (Phi) is 6.57. The highest BCUT2D eigenvalue weighted by molar-refractivity contribution is 7.89. The van der Waals surface area contributed by atoms with Gasteiger partial charge in [-0.05, 0) is 53.7 Å². The molecule has 0 amide bonds. The van der Waals surface area contributed by atoms with Gasteiger partial charge in [-0.15, -0.1) is 0 Å². The Hall–Kier alpha value is -1.52. The molecule has 9 heteroatoms. The normalized spacial score (nSPS) is 28.9. The maximum atomic E-state index is 13.6. The summed E-state index contributed by atoms with van der Waals surface area (Å²) in [7, 11) is -3.91. The van der Waals surface area contributed by atoms with Crippen LogP contribution >= 0.6 is 0 Å². The van der Waals surface area contributed by atoms with E-state index in [2.05, 4.69) is 0 Å². The smallest absolute Gasteiger partial charge is 0.303 e. The number of ether oxygens (including phenoxy) is 4. The second-order valence-electron chi connectivity index (χ2n) is 9.59. The van der Waals surface area contributed by atoms with E-state index in [4.69, 9.17) is 18.9 Å². The SMILES string of the molecule is CC(=O)O[C@@H]1CN(S(=O)(=O)c2ccc(C)cc2)[C@H](COC(C)(C)C)[C@H]2OC(C)(C)O[C@@H]21. The van der Waals surface area contributed by atoms with Gasteiger partial charge in [0.25, 0.3) is 0 Å². The number of carbonyl (C=O) groups excluding carboxylic acids is 1. The van der Waals surface area contributed by atoms with E-state index in [9.17, 15) is 13.2 Å². The first-order valence-electron chi connectivity index (χ1n) is 10.4. The first kappa shape index (κ1) is 24.1. The van der Waals surface area contributed by atoms with Gasteiger partial charge in [0.1, 0.15) is 18.3 Å². The summed E-state index contributed by atoms with van der Waals surface area (Å²) >= 11 is 0. The molecule has 2 saturated heterocycles. The molecular formula is C22H33NO7S. The summed E-state index contributed by atoms with van der Waals surface area (Å²) in [6.45, 7) is 12.5. The van der Waals surface area contributed by atoms with E-state index >= 15 is 0 Å². The maximum Gasteiger partial charge on any atom is 0.303 e. The van der Waals surface area contributed by atoms with E-state index in [-0.39, 0.29) is 18.0 Å². The minimum atomic E-state index is -3.91. The van der Waals surface area contributed by atoms with Crippen LogP contribution in [0.3, 0.4) is 0 Å². The number of rotatable bonds is 5. The largest absolute Gasteiger partial charge is 0.458 e. The number of aryl methyl sites for hydroxylation is 1. The van der Waals surface area contributed by atoms with Crippen LogP contribution in [0.15, 0.2) is 29.2 Å². The number of hydrogen-bond acceptors (Lipinski definition) is 7. The molecule has 0 bridgehead atoms. The van der Waals surface area contributed by atoms with E-state index in [1.54, 1.807) is 38.1 Å². The number of sulfonamides is 1. The van der Waals surface area contributed by atoms with Gasteiger partial charge < -0.3 is 18.9 Å². The molecule has 0 saturated carbocycles. The average molecular weight is 456 g/mol. The molecule has 8 nitrogen and oxygen atoms in total. The van der Waals surface area contributed by atoms with Crippen molar-refractivity contribution in [1.82, 2.24) is 4.31 Å². The Balaban J connectivity index is 2.03. The molecule has 0 N–H and O–H groups in total. The molecule has 31 heavy (non-hydrogen) atoms. The lowest BCUT2D eigenvalue weighted by Crippen LogP contribution is -2.64. The summed E-state index contributed by atoms with van der Waals surface area (Å²) in [4.78, 5) is 11.9. The van der Waals surface area contributed by atoms with E-state index in [1.807, 2.05) is 27.7 Å². The predicted molar refractivity (Wildman–Crippen MR) is 114 cm³/mol. The Morgan fingerprint density at radius 2 is 1.74 bits per heavy atom. The Bertz CT molecular complexity index is 905. The molecule has 0 aliphatic carbocycles. The van der Waals surface area contributed by atoms with Crippen LogP contribution in [-0.2, 0) is 33.8 Å². The van der Waals surface area contributed by atoms with Gasteiger partial charge in [-0.25, -0.2) is 8.42 Å². The van der Waals surface area contributed by atoms with Gasteiger partial charge in [-0.2, -0.15) is 4.31 Å². The molecule has 1 aromatic carbocycles. The molecule has 1 aromatic rings. The molecule has 0 unspecified atom stereocenters. The molecule has 2 heterocycles. The van der Waals surface area contributed by atoms with E-state index in [0.717, 1.165) is 5.56 Å². The molecule has 3 rings (SSSR count). The fourth-order valence-electron chi connectivity index (χ4n) is 3.94. The molecule has 0 spiro atoms. The monoisotopic (exact) mass is 455 g/mol. The van der Waals surface area contributed by atoms with Crippen LogP contribution in [0, 0.1) is 6.92 Å². The van der Waals surface area contributed by atoms with Crippen LogP contribution in [0.25, 0.3) is 0 Å². The van der Waals surface area contributed by atoms with Crippen LogP contribution < -0.4 is 0 Å². The molecule has 0 radical (unpaired) electrons. The third-order valence-corrected chi connectivity index (χ3v) is 7.18. The van der Waals surface area contributed by atoms with Crippen molar-refractivity contribution < 1.29 is 32.2 Å². The topological polar surface area (TPSA) is 91.4 Å². The molecule has 2 aliphatic heterocycles. The zero-order valence-electron chi connectivity index (χ0n) is 19.2. The minimum absolute atomic E-state index is 0.0471. The summed E-state index contributed by atoms with van der Waals surface area (Å²) in [6, 6.07) is 6.01. The Morgan fingerprint density at radius 3 is 2.29 bits per heavy atom. The molecule has 2 fully saturated rings. The van der Waals surface area contributed by atoms with E-state index < -0.39 is 51.7 Å². The highest BCUT2D eigenvalue weighted by atomic mass is 32.2. The quantitative estimate of drug-likeness (QED) is 0.630. The Labute approximate surface area is 184 Å². The third kappa shape index (κ3) is 5.46. The van der Waals surface area contributed by atoms with Crippen molar-refractivity contribution >= 4 is 16.0 Å². The van der Waals surface area contributed by atoms with Crippen LogP contribution in [0.5, 0.6) is 0 Å². The molecule has 174 valence electrons. The predicted octanol–water partition coefficient (Wildman–Crippen LogP) is 2.63. The van der Waals surface area contributed by atoms with Crippen molar-refractivity contribution in [3.8, 4) is 0 Å². The number of esters is 1. The van der Waals surface area contributed by atoms with Crippen molar-refractivity contribution in [2.24, 2.45) is 0 Å². The van der Waals surface area contributed by atoms with Gasteiger partial charge in [0.15, 0.2) is 5.79 Å². The van der Waals surface area contributed by atoms with Gasteiger partial charge in [0.05, 0.1) is 29.7 Å². The molecule has 4 atom stereocenters. The zero-order valence-corrected chi connectivity index (χ0v) is 20.1. The molecule has 2 aliphatic rings. The fourth-order valence-corrected chi connectivity index (χ4v) is 5.57. The lowest BCUT2D eigenvalue weighted by molar-refractivity contribution is -0.169. The van der Waals surface area contributed by atoms with Crippen molar-refractivity contribution in [1.29, 1.82) is 0 Å². The van der Waals surface area contributed by atoms with Gasteiger partial charge in [-0.1, -0.05) is 17.7 Å². The number of benzene rings is 1. The van der Waals surface area contributed by atoms with E-state index in [1.165, 1.54) is 11.2 Å². The zero-order chi connectivity index (χ0) is 23.2. The number of hydrogen-bond donors (Lipinski definition) is 0. The lowest BCUT2D eigenvalue weighted by atomic mass is 9.96. The number of nitrogens with zero attached hydrogens (tertiary/aromatic N) is 1. The third-order valence-electron chi connectivity index (χ3n) is 5.27. The van der Waals surface area contributed by atoms with E-state index in [0.29, 0.717) is 0 Å². The van der Waals surface area contributed by atoms with Crippen molar-refractivity contribution in [3.63, 3.8) is 0 Å². The van der Waals surface area contributed by atoms with Gasteiger partial charge in [0.2, 0.25) is 10.0 Å². The first-order valence-corrected chi connectivity index (χ1v) is 11.9. The van der Waals surface area contributed by atoms with Gasteiger partial charge in [-0.3, -0.25) is 4.79 Å². The van der Waals surface area contributed by atoms with Gasteiger partial charge in [0, 0.05) is 6.92 Å². The Morgan fingerprint density at radius 1 is 1.16 bits per heavy atom. The van der Waals surface area contributed by atoms with Crippen molar-refractivity contribution in [3.05, 3.63) is 29.8 Å².